The Kier molecular flexibility index (Phi) is 2.05. The second-order valence-electron chi connectivity index (χ2n) is 2.87. The molecule has 0 amide bonds. The summed E-state index contributed by atoms with van der Waals surface area (Å²) in [4.78, 5) is 0. The number of nitrogens with zero attached hydrogens (tertiary/aromatic N) is 3. The van der Waals surface area contributed by atoms with Gasteiger partial charge in [0.15, 0.2) is 0 Å². The van der Waals surface area contributed by atoms with Crippen molar-refractivity contribution in [2.45, 2.75) is 19.1 Å². The third-order valence-corrected chi connectivity index (χ3v) is 2.00. The summed E-state index contributed by atoms with van der Waals surface area (Å²) >= 11 is 0. The summed E-state index contributed by atoms with van der Waals surface area (Å²) in [6.45, 7) is 1.45. The van der Waals surface area contributed by atoms with Crippen LogP contribution in [0, 0.1) is 0 Å². The van der Waals surface area contributed by atoms with Crippen LogP contribution in [0.4, 0.5) is 0 Å². The molecule has 5 nitrogen and oxygen atoms in total. The third kappa shape index (κ3) is 1.33. The highest BCUT2D eigenvalue weighted by Gasteiger charge is 2.18. The number of hydrogen-bond donors (Lipinski definition) is 1. The molecule has 1 aromatic rings. The van der Waals surface area contributed by atoms with Gasteiger partial charge in [-0.25, -0.2) is 4.68 Å². The van der Waals surface area contributed by atoms with Crippen molar-refractivity contribution in [3.63, 3.8) is 0 Å². The van der Waals surface area contributed by atoms with Crippen molar-refractivity contribution in [2.24, 2.45) is 0 Å². The third-order valence-electron chi connectivity index (χ3n) is 2.00. The van der Waals surface area contributed by atoms with Crippen LogP contribution < -0.4 is 0 Å². The fourth-order valence-electron chi connectivity index (χ4n) is 1.30. The topological polar surface area (TPSA) is 60.2 Å². The van der Waals surface area contributed by atoms with Crippen molar-refractivity contribution in [3.8, 4) is 0 Å². The molecule has 1 unspecified atom stereocenters. The number of rotatable bonds is 2. The quantitative estimate of drug-likeness (QED) is 0.662. The molecule has 0 aliphatic carbocycles. The molecule has 0 saturated carbocycles. The van der Waals surface area contributed by atoms with E-state index in [1.54, 1.807) is 10.9 Å². The monoisotopic (exact) mass is 169 g/mol. The molecule has 1 N–H and O–H groups in total. The zero-order chi connectivity index (χ0) is 8.39. The van der Waals surface area contributed by atoms with Crippen LogP contribution in [0.1, 0.15) is 18.2 Å². The van der Waals surface area contributed by atoms with Crippen molar-refractivity contribution < 1.29 is 9.84 Å². The lowest BCUT2D eigenvalue weighted by atomic mass is 10.3. The van der Waals surface area contributed by atoms with Crippen LogP contribution in [0.5, 0.6) is 0 Å². The van der Waals surface area contributed by atoms with Gasteiger partial charge < -0.3 is 9.84 Å². The Balaban J connectivity index is 2.11. The Morgan fingerprint density at radius 2 is 2.67 bits per heavy atom. The number of hydrogen-bond acceptors (Lipinski definition) is 4. The Labute approximate surface area is 70.0 Å². The summed E-state index contributed by atoms with van der Waals surface area (Å²) in [5, 5.41) is 16.4. The van der Waals surface area contributed by atoms with Crippen molar-refractivity contribution >= 4 is 0 Å². The van der Waals surface area contributed by atoms with Gasteiger partial charge in [0.1, 0.15) is 5.69 Å². The fraction of sp³-hybridized carbons (Fsp3) is 0.714. The molecule has 1 aromatic heterocycles. The van der Waals surface area contributed by atoms with E-state index in [-0.39, 0.29) is 6.61 Å². The predicted molar refractivity (Wildman–Crippen MR) is 40.4 cm³/mol. The van der Waals surface area contributed by atoms with Gasteiger partial charge in [0.25, 0.3) is 0 Å². The first-order valence-corrected chi connectivity index (χ1v) is 3.99. The van der Waals surface area contributed by atoms with Crippen LogP contribution >= 0.6 is 0 Å². The summed E-state index contributed by atoms with van der Waals surface area (Å²) < 4.78 is 6.97. The summed E-state index contributed by atoms with van der Waals surface area (Å²) in [6, 6.07) is 0.304. The maximum Gasteiger partial charge on any atom is 0.108 e. The lowest BCUT2D eigenvalue weighted by Crippen LogP contribution is -2.08. The van der Waals surface area contributed by atoms with Crippen molar-refractivity contribution in [1.29, 1.82) is 0 Å². The van der Waals surface area contributed by atoms with E-state index in [4.69, 9.17) is 9.84 Å². The Morgan fingerprint density at radius 1 is 1.75 bits per heavy atom. The molecule has 0 spiro atoms. The van der Waals surface area contributed by atoms with Crippen LogP contribution in [0.15, 0.2) is 6.20 Å². The van der Waals surface area contributed by atoms with E-state index in [9.17, 15) is 0 Å². The van der Waals surface area contributed by atoms with Gasteiger partial charge in [0.05, 0.1) is 25.5 Å². The Bertz CT molecular complexity index is 255. The minimum absolute atomic E-state index is 0.0480. The molecule has 2 rings (SSSR count). The van der Waals surface area contributed by atoms with E-state index >= 15 is 0 Å². The zero-order valence-corrected chi connectivity index (χ0v) is 6.68. The summed E-state index contributed by atoms with van der Waals surface area (Å²) in [7, 11) is 0. The van der Waals surface area contributed by atoms with Gasteiger partial charge in [-0.2, -0.15) is 0 Å². The molecular weight excluding hydrogens is 158 g/mol. The van der Waals surface area contributed by atoms with Crippen LogP contribution in [-0.4, -0.2) is 33.3 Å². The Hall–Kier alpha value is -0.940. The lowest BCUT2D eigenvalue weighted by Gasteiger charge is -2.04. The number of aliphatic hydroxyl groups excluding tert-OH is 1. The summed E-state index contributed by atoms with van der Waals surface area (Å²) in [6.07, 6.45) is 2.74. The van der Waals surface area contributed by atoms with E-state index in [0.29, 0.717) is 18.3 Å². The van der Waals surface area contributed by atoms with Gasteiger partial charge in [-0.3, -0.25) is 0 Å². The standard InChI is InChI=1S/C7H11N3O2/c11-4-6-3-10(9-8-6)7-1-2-12-5-7/h3,7,11H,1-2,4-5H2. The van der Waals surface area contributed by atoms with Crippen LogP contribution in [0.2, 0.25) is 0 Å². The molecule has 5 heteroatoms. The van der Waals surface area contributed by atoms with Crippen molar-refractivity contribution in [3.05, 3.63) is 11.9 Å². The molecule has 1 aliphatic rings. The number of aliphatic hydroxyl groups is 1. The van der Waals surface area contributed by atoms with Crippen molar-refractivity contribution in [1.82, 2.24) is 15.0 Å². The van der Waals surface area contributed by atoms with Gasteiger partial charge in [-0.15, -0.1) is 5.10 Å². The molecule has 0 radical (unpaired) electrons. The van der Waals surface area contributed by atoms with Gasteiger partial charge in [0.2, 0.25) is 0 Å². The van der Waals surface area contributed by atoms with Crippen LogP contribution in [0.25, 0.3) is 0 Å². The van der Waals surface area contributed by atoms with Gasteiger partial charge in [0, 0.05) is 6.61 Å². The molecule has 1 atom stereocenters. The number of aromatic nitrogens is 3. The first-order chi connectivity index (χ1) is 5.90. The van der Waals surface area contributed by atoms with Crippen LogP contribution in [-0.2, 0) is 11.3 Å². The molecule has 66 valence electrons. The predicted octanol–water partition coefficient (Wildman–Crippen LogP) is -0.268. The molecular formula is C7H11N3O2. The SMILES string of the molecule is OCc1cn(C2CCOC2)nn1. The van der Waals surface area contributed by atoms with Gasteiger partial charge in [-0.1, -0.05) is 5.21 Å². The molecule has 2 heterocycles. The molecule has 0 bridgehead atoms. The van der Waals surface area contributed by atoms with E-state index < -0.39 is 0 Å². The molecule has 1 saturated heterocycles. The van der Waals surface area contributed by atoms with Crippen molar-refractivity contribution in [2.75, 3.05) is 13.2 Å². The highest BCUT2D eigenvalue weighted by Crippen LogP contribution is 2.17. The summed E-state index contributed by atoms with van der Waals surface area (Å²) in [5.41, 5.74) is 0.613. The summed E-state index contributed by atoms with van der Waals surface area (Å²) in [5.74, 6) is 0. The highest BCUT2D eigenvalue weighted by molar-refractivity contribution is 4.91. The molecule has 1 aliphatic heterocycles. The van der Waals surface area contributed by atoms with E-state index in [1.807, 2.05) is 0 Å². The smallest absolute Gasteiger partial charge is 0.108 e. The Morgan fingerprint density at radius 3 is 3.25 bits per heavy atom. The largest absolute Gasteiger partial charge is 0.390 e. The number of ether oxygens (including phenoxy) is 1. The normalized spacial score (nSPS) is 23.2. The van der Waals surface area contributed by atoms with E-state index in [1.165, 1.54) is 0 Å². The second kappa shape index (κ2) is 3.20. The van der Waals surface area contributed by atoms with E-state index in [2.05, 4.69) is 10.3 Å². The highest BCUT2D eigenvalue weighted by atomic mass is 16.5. The fourth-order valence-corrected chi connectivity index (χ4v) is 1.30. The molecule has 1 fully saturated rings. The second-order valence-corrected chi connectivity index (χ2v) is 2.87. The maximum atomic E-state index is 8.75. The minimum atomic E-state index is -0.0480. The van der Waals surface area contributed by atoms with Gasteiger partial charge >= 0.3 is 0 Å². The maximum absolute atomic E-state index is 8.75. The molecule has 12 heavy (non-hydrogen) atoms. The molecule has 0 aromatic carbocycles. The lowest BCUT2D eigenvalue weighted by molar-refractivity contribution is 0.184. The first-order valence-electron chi connectivity index (χ1n) is 3.99. The zero-order valence-electron chi connectivity index (χ0n) is 6.68. The average molecular weight is 169 g/mol. The van der Waals surface area contributed by atoms with Gasteiger partial charge in [-0.05, 0) is 6.42 Å². The first kappa shape index (κ1) is 7.70. The van der Waals surface area contributed by atoms with Crippen LogP contribution in [0.3, 0.4) is 0 Å². The van der Waals surface area contributed by atoms with E-state index in [0.717, 1.165) is 13.0 Å². The minimum Gasteiger partial charge on any atom is -0.390 e. The average Bonchev–Trinajstić information content (AvgIpc) is 2.75.